The van der Waals surface area contributed by atoms with Crippen molar-refractivity contribution in [3.8, 4) is 0 Å². The predicted molar refractivity (Wildman–Crippen MR) is 161 cm³/mol. The first-order valence-corrected chi connectivity index (χ1v) is 15.7. The normalized spacial score (nSPS) is 24.1. The number of sulfone groups is 1. The number of nitrogens with one attached hydrogen (secondary N) is 1. The number of aliphatic hydroxyl groups is 1. The number of aliphatic hydroxyl groups excluding tert-OH is 1. The van der Waals surface area contributed by atoms with Gasteiger partial charge in [-0.15, -0.1) is 0 Å². The molecule has 2 fully saturated rings. The Kier molecular flexibility index (Phi) is 8.66. The lowest BCUT2D eigenvalue weighted by Gasteiger charge is -2.48. The van der Waals surface area contributed by atoms with Gasteiger partial charge in [0.1, 0.15) is 21.5 Å². The summed E-state index contributed by atoms with van der Waals surface area (Å²) in [6, 6.07) is 6.41. The number of piperidine rings is 1. The summed E-state index contributed by atoms with van der Waals surface area (Å²) in [5.74, 6) is 2.47. The van der Waals surface area contributed by atoms with E-state index in [1.54, 1.807) is 6.20 Å². The molecule has 10 heteroatoms. The number of aliphatic imine (C=N–C) groups is 1. The van der Waals surface area contributed by atoms with Crippen LogP contribution in [0, 0.1) is 12.8 Å². The molecule has 39 heavy (non-hydrogen) atoms. The summed E-state index contributed by atoms with van der Waals surface area (Å²) >= 11 is 0. The van der Waals surface area contributed by atoms with Gasteiger partial charge in [0.25, 0.3) is 0 Å². The molecule has 3 heterocycles. The fraction of sp³-hybridized carbons (Fsp3) is 0.552. The summed E-state index contributed by atoms with van der Waals surface area (Å²) in [4.78, 5) is 17.9. The first-order chi connectivity index (χ1) is 18.4. The summed E-state index contributed by atoms with van der Waals surface area (Å²) in [5.41, 5.74) is 4.50. The monoisotopic (exact) mass is 554 g/mol. The number of hydrogen-bond donors (Lipinski definition) is 2. The minimum absolute atomic E-state index is 0.132. The Bertz CT molecular complexity index is 1340. The summed E-state index contributed by atoms with van der Waals surface area (Å²) < 4.78 is 23.7. The van der Waals surface area contributed by atoms with Crippen molar-refractivity contribution in [1.82, 2.24) is 9.97 Å². The van der Waals surface area contributed by atoms with Crippen molar-refractivity contribution in [2.75, 3.05) is 40.2 Å². The van der Waals surface area contributed by atoms with Gasteiger partial charge in [-0.1, -0.05) is 19.9 Å². The van der Waals surface area contributed by atoms with Crippen LogP contribution in [0.2, 0.25) is 0 Å². The van der Waals surface area contributed by atoms with Gasteiger partial charge in [0.2, 0.25) is 5.95 Å². The summed E-state index contributed by atoms with van der Waals surface area (Å²) in [6.45, 7) is 15.9. The number of hydrogen-bond acceptors (Lipinski definition) is 9. The topological polar surface area (TPSA) is 111 Å². The SMILES string of the molecule is C=N/C(=C\c1c(C(C)C)ccc(N2C[C@H](CS(C)(=O)=O)[C@H]2C)c1C)Nc1ccnc(N2CC[C@H](O)C[C@@H]2C)n1. The molecule has 9 nitrogen and oxygen atoms in total. The Labute approximate surface area is 233 Å². The van der Waals surface area contributed by atoms with Crippen LogP contribution in [0.5, 0.6) is 0 Å². The summed E-state index contributed by atoms with van der Waals surface area (Å²) in [6.07, 6.45) is 6.16. The van der Waals surface area contributed by atoms with E-state index in [9.17, 15) is 13.5 Å². The van der Waals surface area contributed by atoms with E-state index in [4.69, 9.17) is 4.98 Å². The number of aromatic nitrogens is 2. The molecule has 4 rings (SSSR count). The molecule has 0 unspecified atom stereocenters. The van der Waals surface area contributed by atoms with E-state index in [1.165, 1.54) is 11.8 Å². The maximum absolute atomic E-state index is 11.8. The van der Waals surface area contributed by atoms with Crippen LogP contribution < -0.4 is 15.1 Å². The van der Waals surface area contributed by atoms with Crippen LogP contribution >= 0.6 is 0 Å². The third-order valence-corrected chi connectivity index (χ3v) is 9.06. The molecule has 0 amide bonds. The molecular weight excluding hydrogens is 512 g/mol. The van der Waals surface area contributed by atoms with E-state index in [-0.39, 0.29) is 29.9 Å². The van der Waals surface area contributed by atoms with E-state index in [0.29, 0.717) is 42.9 Å². The van der Waals surface area contributed by atoms with Gasteiger partial charge in [-0.3, -0.25) is 0 Å². The van der Waals surface area contributed by atoms with Gasteiger partial charge in [-0.25, -0.2) is 18.4 Å². The van der Waals surface area contributed by atoms with E-state index in [0.717, 1.165) is 23.4 Å². The molecule has 4 atom stereocenters. The van der Waals surface area contributed by atoms with Crippen molar-refractivity contribution in [2.24, 2.45) is 10.9 Å². The minimum atomic E-state index is -3.01. The molecule has 0 spiro atoms. The Morgan fingerprint density at radius 3 is 2.64 bits per heavy atom. The average Bonchev–Trinajstić information content (AvgIpc) is 2.86. The Morgan fingerprint density at radius 2 is 2.03 bits per heavy atom. The smallest absolute Gasteiger partial charge is 0.227 e. The van der Waals surface area contributed by atoms with E-state index in [1.807, 2.05) is 12.1 Å². The van der Waals surface area contributed by atoms with Crippen molar-refractivity contribution in [3.63, 3.8) is 0 Å². The highest BCUT2D eigenvalue weighted by Crippen LogP contribution is 2.38. The van der Waals surface area contributed by atoms with Crippen LogP contribution in [-0.4, -0.2) is 73.5 Å². The fourth-order valence-corrected chi connectivity index (χ4v) is 6.88. The highest BCUT2D eigenvalue weighted by molar-refractivity contribution is 7.90. The third kappa shape index (κ3) is 6.61. The molecule has 2 aromatic rings. The van der Waals surface area contributed by atoms with Crippen molar-refractivity contribution >= 4 is 40.1 Å². The molecule has 212 valence electrons. The molecule has 0 radical (unpaired) electrons. The Balaban J connectivity index is 1.61. The van der Waals surface area contributed by atoms with Gasteiger partial charge in [-0.05, 0) is 81.1 Å². The zero-order valence-electron chi connectivity index (χ0n) is 23.9. The molecule has 2 saturated heterocycles. The van der Waals surface area contributed by atoms with Gasteiger partial charge in [0.15, 0.2) is 0 Å². The maximum Gasteiger partial charge on any atom is 0.227 e. The number of benzene rings is 1. The highest BCUT2D eigenvalue weighted by Gasteiger charge is 2.38. The largest absolute Gasteiger partial charge is 0.393 e. The lowest BCUT2D eigenvalue weighted by molar-refractivity contribution is 0.131. The zero-order chi connectivity index (χ0) is 28.5. The van der Waals surface area contributed by atoms with Gasteiger partial charge in [0.05, 0.1) is 11.9 Å². The standard InChI is InChI=1S/C29H42N6O3S/c1-18(2)24-8-9-26(35-16-22(21(35)5)17-39(7,37)38)20(4)25(24)15-28(30-6)32-27-10-12-31-29(33-27)34-13-11-23(36)14-19(34)3/h8-10,12,15,18-19,21-23,36H,6,11,13-14,16-17H2,1-5,7H3,(H,31,32,33)/b28-15+/t19-,21+,22+,23-/m0/s1. The van der Waals surface area contributed by atoms with Crippen LogP contribution in [0.4, 0.5) is 17.5 Å². The molecule has 2 aliphatic heterocycles. The number of nitrogens with zero attached hydrogens (tertiary/aromatic N) is 5. The molecule has 2 aliphatic rings. The second-order valence-corrected chi connectivity index (χ2v) is 13.6. The molecule has 1 aromatic carbocycles. The Hall–Kier alpha value is -2.98. The van der Waals surface area contributed by atoms with Crippen molar-refractivity contribution in [2.45, 2.75) is 71.6 Å². The van der Waals surface area contributed by atoms with E-state index >= 15 is 0 Å². The second kappa shape index (κ2) is 11.6. The van der Waals surface area contributed by atoms with Crippen LogP contribution in [0.3, 0.4) is 0 Å². The fourth-order valence-electron chi connectivity index (χ4n) is 5.72. The van der Waals surface area contributed by atoms with Crippen LogP contribution in [-0.2, 0) is 9.84 Å². The quantitative estimate of drug-likeness (QED) is 0.443. The van der Waals surface area contributed by atoms with Crippen LogP contribution in [0.1, 0.15) is 63.1 Å². The first kappa shape index (κ1) is 29.0. The summed E-state index contributed by atoms with van der Waals surface area (Å²) in [5, 5.41) is 13.3. The maximum atomic E-state index is 11.8. The molecule has 0 saturated carbocycles. The number of rotatable bonds is 9. The molecule has 0 bridgehead atoms. The van der Waals surface area contributed by atoms with Crippen molar-refractivity contribution < 1.29 is 13.5 Å². The van der Waals surface area contributed by atoms with Gasteiger partial charge in [-0.2, -0.15) is 4.98 Å². The van der Waals surface area contributed by atoms with Gasteiger partial charge >= 0.3 is 0 Å². The zero-order valence-corrected chi connectivity index (χ0v) is 24.7. The lowest BCUT2D eigenvalue weighted by Crippen LogP contribution is -2.57. The Morgan fingerprint density at radius 1 is 1.28 bits per heavy atom. The molecule has 2 N–H and O–H groups in total. The summed E-state index contributed by atoms with van der Waals surface area (Å²) in [7, 11) is -3.01. The lowest BCUT2D eigenvalue weighted by atomic mass is 9.87. The second-order valence-electron chi connectivity index (χ2n) is 11.4. The van der Waals surface area contributed by atoms with Gasteiger partial charge < -0.3 is 20.2 Å². The number of anilines is 3. The van der Waals surface area contributed by atoms with Crippen molar-refractivity contribution in [1.29, 1.82) is 0 Å². The minimum Gasteiger partial charge on any atom is -0.393 e. The molecule has 1 aromatic heterocycles. The highest BCUT2D eigenvalue weighted by atomic mass is 32.2. The van der Waals surface area contributed by atoms with Crippen LogP contribution in [0.25, 0.3) is 6.08 Å². The molecular formula is C29H42N6O3S. The predicted octanol–water partition coefficient (Wildman–Crippen LogP) is 4.24. The van der Waals surface area contributed by atoms with Crippen LogP contribution in [0.15, 0.2) is 35.2 Å². The van der Waals surface area contributed by atoms with Crippen molar-refractivity contribution in [3.05, 3.63) is 46.9 Å². The third-order valence-electron chi connectivity index (χ3n) is 8.03. The average molecular weight is 555 g/mol. The van der Waals surface area contributed by atoms with E-state index < -0.39 is 9.84 Å². The van der Waals surface area contributed by atoms with E-state index in [2.05, 4.69) is 78.6 Å². The molecule has 0 aliphatic carbocycles. The van der Waals surface area contributed by atoms with Gasteiger partial charge in [0, 0.05) is 49.2 Å². The first-order valence-electron chi connectivity index (χ1n) is 13.7.